The number of aliphatic carboxylic acids is 1. The van der Waals surface area contributed by atoms with E-state index in [-0.39, 0.29) is 17.8 Å². The molecule has 1 N–H and O–H groups in total. The first-order valence-electron chi connectivity index (χ1n) is 9.08. The summed E-state index contributed by atoms with van der Waals surface area (Å²) in [5.74, 6) is 0.858. The topological polar surface area (TPSA) is 59.4 Å². The van der Waals surface area contributed by atoms with Crippen LogP contribution in [0.15, 0.2) is 30.5 Å². The standard InChI is InChI=1S/C21H21NO3/c1-11-5-6-15-12(3-2-4-14(11)15)10-25-18-8-13-7-16-19(17(13)9-22-18)20(16)21(23)24/h2-4,8-9,11,16,19-20H,5-7,10H2,1H3,(H,23,24)/t11?,16-,19-,20+/m1/s1. The summed E-state index contributed by atoms with van der Waals surface area (Å²) < 4.78 is 5.97. The molecule has 3 aliphatic rings. The Morgan fingerprint density at radius 2 is 2.24 bits per heavy atom. The van der Waals surface area contributed by atoms with Gasteiger partial charge in [0.1, 0.15) is 6.61 Å². The van der Waals surface area contributed by atoms with Crippen LogP contribution < -0.4 is 4.74 Å². The number of hydrogen-bond donors (Lipinski definition) is 1. The number of benzene rings is 1. The second-order valence-electron chi connectivity index (χ2n) is 7.69. The molecule has 0 radical (unpaired) electrons. The first-order valence-corrected chi connectivity index (χ1v) is 9.08. The first-order chi connectivity index (χ1) is 12.1. The van der Waals surface area contributed by atoms with Gasteiger partial charge >= 0.3 is 5.97 Å². The van der Waals surface area contributed by atoms with E-state index in [0.717, 1.165) is 18.4 Å². The quantitative estimate of drug-likeness (QED) is 0.926. The Balaban J connectivity index is 1.32. The van der Waals surface area contributed by atoms with Gasteiger partial charge in [0, 0.05) is 18.2 Å². The van der Waals surface area contributed by atoms with Crippen molar-refractivity contribution in [2.24, 2.45) is 11.8 Å². The number of aromatic nitrogens is 1. The molecule has 4 nitrogen and oxygen atoms in total. The molecule has 2 aromatic rings. The number of hydrogen-bond acceptors (Lipinski definition) is 3. The van der Waals surface area contributed by atoms with Crippen LogP contribution >= 0.6 is 0 Å². The molecular formula is C21H21NO3. The van der Waals surface area contributed by atoms with Gasteiger partial charge in [-0.1, -0.05) is 25.1 Å². The zero-order valence-electron chi connectivity index (χ0n) is 14.2. The number of carboxylic acid groups (broad SMARTS) is 1. The second kappa shape index (κ2) is 5.32. The molecule has 0 saturated heterocycles. The molecule has 25 heavy (non-hydrogen) atoms. The minimum Gasteiger partial charge on any atom is -0.481 e. The SMILES string of the molecule is CC1CCc2c(COc3cc4c(cn3)[C@H]3[C@@H](C4)[C@@H]3C(=O)O)cccc21. The lowest BCUT2D eigenvalue weighted by Gasteiger charge is -2.12. The van der Waals surface area contributed by atoms with E-state index >= 15 is 0 Å². The molecule has 5 rings (SSSR count). The molecule has 1 fully saturated rings. The molecule has 1 aromatic heterocycles. The van der Waals surface area contributed by atoms with Gasteiger partial charge in [-0.2, -0.15) is 0 Å². The highest BCUT2D eigenvalue weighted by Gasteiger charge is 2.59. The van der Waals surface area contributed by atoms with Crippen molar-refractivity contribution < 1.29 is 14.6 Å². The fourth-order valence-electron chi connectivity index (χ4n) is 4.91. The number of nitrogens with zero attached hydrogens (tertiary/aromatic N) is 1. The summed E-state index contributed by atoms with van der Waals surface area (Å²) >= 11 is 0. The smallest absolute Gasteiger partial charge is 0.307 e. The molecule has 4 atom stereocenters. The number of carbonyl (C=O) groups is 1. The Hall–Kier alpha value is -2.36. The van der Waals surface area contributed by atoms with Crippen LogP contribution in [0.25, 0.3) is 0 Å². The van der Waals surface area contributed by atoms with Crippen molar-refractivity contribution in [2.45, 2.75) is 44.6 Å². The lowest BCUT2D eigenvalue weighted by atomic mass is 10.0. The van der Waals surface area contributed by atoms with Crippen LogP contribution in [0.4, 0.5) is 0 Å². The van der Waals surface area contributed by atoms with Crippen molar-refractivity contribution in [1.29, 1.82) is 0 Å². The molecule has 1 aromatic carbocycles. The molecule has 1 unspecified atom stereocenters. The lowest BCUT2D eigenvalue weighted by Crippen LogP contribution is -2.06. The van der Waals surface area contributed by atoms with Gasteiger partial charge in [-0.25, -0.2) is 4.98 Å². The van der Waals surface area contributed by atoms with E-state index in [1.54, 1.807) is 0 Å². The zero-order valence-corrected chi connectivity index (χ0v) is 14.2. The maximum atomic E-state index is 11.2. The van der Waals surface area contributed by atoms with Gasteiger partial charge in [0.2, 0.25) is 5.88 Å². The first kappa shape index (κ1) is 14.9. The van der Waals surface area contributed by atoms with Gasteiger partial charge in [-0.05, 0) is 58.9 Å². The molecule has 1 heterocycles. The van der Waals surface area contributed by atoms with Crippen LogP contribution in [0.1, 0.15) is 53.0 Å². The summed E-state index contributed by atoms with van der Waals surface area (Å²) in [6.07, 6.45) is 5.02. The van der Waals surface area contributed by atoms with Crippen molar-refractivity contribution in [3.05, 3.63) is 58.3 Å². The van der Waals surface area contributed by atoms with Crippen LogP contribution in [-0.4, -0.2) is 16.1 Å². The molecule has 0 aliphatic heterocycles. The molecule has 128 valence electrons. The second-order valence-corrected chi connectivity index (χ2v) is 7.69. The Morgan fingerprint density at radius 3 is 3.08 bits per heavy atom. The molecule has 3 aliphatic carbocycles. The number of carboxylic acids is 1. The van der Waals surface area contributed by atoms with E-state index in [1.807, 2.05) is 12.3 Å². The minimum atomic E-state index is -0.673. The van der Waals surface area contributed by atoms with Crippen molar-refractivity contribution in [3.8, 4) is 5.88 Å². The third kappa shape index (κ3) is 2.27. The van der Waals surface area contributed by atoms with Gasteiger partial charge in [-0.3, -0.25) is 4.79 Å². The Morgan fingerprint density at radius 1 is 1.36 bits per heavy atom. The summed E-state index contributed by atoms with van der Waals surface area (Å²) in [5, 5.41) is 9.20. The maximum Gasteiger partial charge on any atom is 0.307 e. The number of fused-ring (bicyclic) bond motifs is 4. The maximum absolute atomic E-state index is 11.2. The van der Waals surface area contributed by atoms with Crippen LogP contribution in [0.2, 0.25) is 0 Å². The molecule has 0 spiro atoms. The number of rotatable bonds is 4. The van der Waals surface area contributed by atoms with E-state index in [4.69, 9.17) is 4.74 Å². The third-order valence-corrected chi connectivity index (χ3v) is 6.31. The summed E-state index contributed by atoms with van der Waals surface area (Å²) in [5.41, 5.74) is 6.49. The highest BCUT2D eigenvalue weighted by Crippen LogP contribution is 2.61. The highest BCUT2D eigenvalue weighted by molar-refractivity contribution is 5.77. The number of ether oxygens (including phenoxy) is 1. The lowest BCUT2D eigenvalue weighted by molar-refractivity contribution is -0.139. The van der Waals surface area contributed by atoms with E-state index in [9.17, 15) is 9.90 Å². The van der Waals surface area contributed by atoms with Gasteiger partial charge in [-0.15, -0.1) is 0 Å². The number of pyridine rings is 1. The van der Waals surface area contributed by atoms with Crippen LogP contribution in [-0.2, 0) is 24.2 Å². The van der Waals surface area contributed by atoms with Crippen molar-refractivity contribution >= 4 is 5.97 Å². The van der Waals surface area contributed by atoms with Crippen molar-refractivity contribution in [3.63, 3.8) is 0 Å². The van der Waals surface area contributed by atoms with E-state index in [1.165, 1.54) is 28.7 Å². The monoisotopic (exact) mass is 335 g/mol. The fraction of sp³-hybridized carbons (Fsp3) is 0.429. The van der Waals surface area contributed by atoms with Gasteiger partial charge in [0.25, 0.3) is 0 Å². The van der Waals surface area contributed by atoms with Crippen LogP contribution in [0.5, 0.6) is 5.88 Å². The predicted octanol–water partition coefficient (Wildman–Crippen LogP) is 3.68. The molecule has 1 saturated carbocycles. The van der Waals surface area contributed by atoms with Crippen LogP contribution in [0.3, 0.4) is 0 Å². The van der Waals surface area contributed by atoms with E-state index in [2.05, 4.69) is 30.1 Å². The summed E-state index contributed by atoms with van der Waals surface area (Å²) in [6.45, 7) is 2.83. The largest absolute Gasteiger partial charge is 0.481 e. The average Bonchev–Trinajstić information content (AvgIpc) is 3.00. The molecular weight excluding hydrogens is 314 g/mol. The minimum absolute atomic E-state index is 0.174. The summed E-state index contributed by atoms with van der Waals surface area (Å²) in [7, 11) is 0. The van der Waals surface area contributed by atoms with Crippen molar-refractivity contribution in [2.75, 3.05) is 0 Å². The van der Waals surface area contributed by atoms with E-state index in [0.29, 0.717) is 18.4 Å². The Labute approximate surface area is 146 Å². The fourth-order valence-corrected chi connectivity index (χ4v) is 4.91. The zero-order chi connectivity index (χ0) is 17.1. The van der Waals surface area contributed by atoms with Gasteiger partial charge in [0.05, 0.1) is 5.92 Å². The van der Waals surface area contributed by atoms with Crippen LogP contribution in [0, 0.1) is 11.8 Å². The Kier molecular flexibility index (Phi) is 3.18. The van der Waals surface area contributed by atoms with Gasteiger partial charge < -0.3 is 9.84 Å². The summed E-state index contributed by atoms with van der Waals surface area (Å²) in [6, 6.07) is 8.51. The molecule has 0 bridgehead atoms. The molecule has 0 amide bonds. The normalized spacial score (nSPS) is 28.2. The third-order valence-electron chi connectivity index (χ3n) is 6.31. The molecule has 4 heteroatoms. The predicted molar refractivity (Wildman–Crippen MR) is 92.8 cm³/mol. The summed E-state index contributed by atoms with van der Waals surface area (Å²) in [4.78, 5) is 15.6. The highest BCUT2D eigenvalue weighted by atomic mass is 16.5. The van der Waals surface area contributed by atoms with E-state index < -0.39 is 5.97 Å². The van der Waals surface area contributed by atoms with Gasteiger partial charge in [0.15, 0.2) is 0 Å². The average molecular weight is 335 g/mol. The Bertz CT molecular complexity index is 875. The van der Waals surface area contributed by atoms with Crippen molar-refractivity contribution in [1.82, 2.24) is 4.98 Å².